The summed E-state index contributed by atoms with van der Waals surface area (Å²) >= 11 is 0. The standard InChI is InChI=1S/C11H20/c1-5-7-9(3)10(4)8-11(9,10)6-2/h5-8H2,1-4H3. The van der Waals surface area contributed by atoms with E-state index in [0.717, 1.165) is 16.2 Å². The van der Waals surface area contributed by atoms with Crippen LogP contribution >= 0.6 is 0 Å². The first-order valence-corrected chi connectivity index (χ1v) is 5.08. The van der Waals surface area contributed by atoms with Crippen molar-refractivity contribution in [2.24, 2.45) is 16.2 Å². The molecular weight excluding hydrogens is 132 g/mol. The van der Waals surface area contributed by atoms with Crippen LogP contribution in [0, 0.1) is 16.2 Å². The first-order chi connectivity index (χ1) is 5.08. The third kappa shape index (κ3) is 0.494. The van der Waals surface area contributed by atoms with E-state index in [1.54, 1.807) is 0 Å². The molecule has 2 aliphatic carbocycles. The number of rotatable bonds is 3. The summed E-state index contributed by atoms with van der Waals surface area (Å²) in [6.07, 6.45) is 5.76. The zero-order valence-corrected chi connectivity index (χ0v) is 8.33. The van der Waals surface area contributed by atoms with Gasteiger partial charge >= 0.3 is 0 Å². The lowest BCUT2D eigenvalue weighted by molar-refractivity contribution is 0.264. The van der Waals surface area contributed by atoms with Gasteiger partial charge in [0, 0.05) is 0 Å². The Morgan fingerprint density at radius 2 is 1.82 bits per heavy atom. The highest BCUT2D eigenvalue weighted by atomic mass is 15.0. The van der Waals surface area contributed by atoms with Crippen LogP contribution in [0.1, 0.15) is 53.4 Å². The molecule has 0 amide bonds. The van der Waals surface area contributed by atoms with Crippen molar-refractivity contribution in [2.45, 2.75) is 53.4 Å². The molecule has 0 heteroatoms. The van der Waals surface area contributed by atoms with Gasteiger partial charge in [-0.05, 0) is 35.5 Å². The first-order valence-electron chi connectivity index (χ1n) is 5.08. The molecule has 2 rings (SSSR count). The Hall–Kier alpha value is 0. The third-order valence-corrected chi connectivity index (χ3v) is 5.15. The molecule has 0 radical (unpaired) electrons. The van der Waals surface area contributed by atoms with E-state index in [4.69, 9.17) is 0 Å². The predicted molar refractivity (Wildman–Crippen MR) is 48.5 cm³/mol. The van der Waals surface area contributed by atoms with Gasteiger partial charge in [-0.2, -0.15) is 0 Å². The van der Waals surface area contributed by atoms with Gasteiger partial charge in [0.25, 0.3) is 0 Å². The molecule has 0 aromatic rings. The Labute approximate surface area is 70.4 Å². The van der Waals surface area contributed by atoms with Crippen molar-refractivity contribution in [3.63, 3.8) is 0 Å². The van der Waals surface area contributed by atoms with Crippen molar-refractivity contribution in [1.29, 1.82) is 0 Å². The normalized spacial score (nSPS) is 58.9. The average Bonchev–Trinajstić information content (AvgIpc) is 2.72. The summed E-state index contributed by atoms with van der Waals surface area (Å²) in [5, 5.41) is 0. The second-order valence-corrected chi connectivity index (χ2v) is 5.03. The second-order valence-electron chi connectivity index (χ2n) is 5.03. The minimum atomic E-state index is 0.740. The molecule has 3 atom stereocenters. The molecule has 2 aliphatic rings. The van der Waals surface area contributed by atoms with Gasteiger partial charge in [0.1, 0.15) is 0 Å². The van der Waals surface area contributed by atoms with E-state index in [2.05, 4.69) is 27.7 Å². The highest BCUT2D eigenvalue weighted by Gasteiger charge is 2.92. The van der Waals surface area contributed by atoms with E-state index >= 15 is 0 Å². The van der Waals surface area contributed by atoms with Crippen molar-refractivity contribution in [1.82, 2.24) is 0 Å². The van der Waals surface area contributed by atoms with E-state index in [1.165, 1.54) is 25.7 Å². The van der Waals surface area contributed by atoms with Crippen molar-refractivity contribution in [3.05, 3.63) is 0 Å². The fourth-order valence-electron chi connectivity index (χ4n) is 4.03. The van der Waals surface area contributed by atoms with Gasteiger partial charge < -0.3 is 0 Å². The maximum absolute atomic E-state index is 2.50. The summed E-state index contributed by atoms with van der Waals surface area (Å²) in [4.78, 5) is 0. The average molecular weight is 152 g/mol. The van der Waals surface area contributed by atoms with Gasteiger partial charge in [-0.15, -0.1) is 0 Å². The highest BCUT2D eigenvalue weighted by molar-refractivity contribution is 5.40. The number of fused-ring (bicyclic) bond motifs is 1. The van der Waals surface area contributed by atoms with Crippen LogP contribution in [-0.4, -0.2) is 0 Å². The van der Waals surface area contributed by atoms with Crippen LogP contribution in [0.4, 0.5) is 0 Å². The zero-order valence-electron chi connectivity index (χ0n) is 8.33. The molecule has 0 N–H and O–H groups in total. The molecule has 11 heavy (non-hydrogen) atoms. The summed E-state index contributed by atoms with van der Waals surface area (Å²) in [6, 6.07) is 0. The summed E-state index contributed by atoms with van der Waals surface area (Å²) < 4.78 is 0. The Morgan fingerprint density at radius 1 is 1.18 bits per heavy atom. The Balaban J connectivity index is 2.11. The minimum Gasteiger partial charge on any atom is -0.0654 e. The maximum Gasteiger partial charge on any atom is -0.0176 e. The van der Waals surface area contributed by atoms with Gasteiger partial charge in [-0.25, -0.2) is 0 Å². The third-order valence-electron chi connectivity index (χ3n) is 5.15. The summed E-state index contributed by atoms with van der Waals surface area (Å²) in [7, 11) is 0. The van der Waals surface area contributed by atoms with Crippen LogP contribution in [-0.2, 0) is 0 Å². The molecule has 0 aliphatic heterocycles. The first kappa shape index (κ1) is 7.64. The molecule has 0 aromatic heterocycles. The molecule has 3 unspecified atom stereocenters. The van der Waals surface area contributed by atoms with Gasteiger partial charge in [0.15, 0.2) is 0 Å². The van der Waals surface area contributed by atoms with Gasteiger partial charge in [-0.3, -0.25) is 0 Å². The van der Waals surface area contributed by atoms with Crippen LogP contribution in [0.2, 0.25) is 0 Å². The van der Waals surface area contributed by atoms with Crippen LogP contribution < -0.4 is 0 Å². The Kier molecular flexibility index (Phi) is 1.16. The van der Waals surface area contributed by atoms with Crippen molar-refractivity contribution < 1.29 is 0 Å². The van der Waals surface area contributed by atoms with E-state index in [-0.39, 0.29) is 0 Å². The Morgan fingerprint density at radius 3 is 2.09 bits per heavy atom. The van der Waals surface area contributed by atoms with Crippen LogP contribution in [0.3, 0.4) is 0 Å². The maximum atomic E-state index is 2.50. The van der Waals surface area contributed by atoms with E-state index < -0.39 is 0 Å². The topological polar surface area (TPSA) is 0 Å². The van der Waals surface area contributed by atoms with Crippen molar-refractivity contribution in [2.75, 3.05) is 0 Å². The Bertz CT molecular complexity index is 192. The van der Waals surface area contributed by atoms with Gasteiger partial charge in [0.2, 0.25) is 0 Å². The van der Waals surface area contributed by atoms with E-state index in [9.17, 15) is 0 Å². The molecule has 0 saturated heterocycles. The lowest BCUT2D eigenvalue weighted by atomic mass is 9.81. The van der Waals surface area contributed by atoms with E-state index in [0.29, 0.717) is 0 Å². The zero-order chi connectivity index (χ0) is 8.33. The molecule has 0 bridgehead atoms. The second kappa shape index (κ2) is 1.67. The molecule has 0 heterocycles. The molecule has 0 aromatic carbocycles. The summed E-state index contributed by atoms with van der Waals surface area (Å²) in [5.41, 5.74) is 2.31. The fraction of sp³-hybridized carbons (Fsp3) is 1.00. The van der Waals surface area contributed by atoms with E-state index in [1.807, 2.05) is 0 Å². The fourth-order valence-corrected chi connectivity index (χ4v) is 4.03. The molecule has 2 fully saturated rings. The monoisotopic (exact) mass is 152 g/mol. The molecular formula is C11H20. The lowest BCUT2D eigenvalue weighted by Gasteiger charge is -2.23. The minimum absolute atomic E-state index is 0.740. The lowest BCUT2D eigenvalue weighted by Crippen LogP contribution is -2.14. The molecule has 64 valence electrons. The smallest absolute Gasteiger partial charge is 0.0176 e. The van der Waals surface area contributed by atoms with Crippen LogP contribution in [0.25, 0.3) is 0 Å². The quantitative estimate of drug-likeness (QED) is 0.579. The molecule has 0 spiro atoms. The van der Waals surface area contributed by atoms with Crippen molar-refractivity contribution >= 4 is 0 Å². The molecule has 2 saturated carbocycles. The summed E-state index contributed by atoms with van der Waals surface area (Å²) in [6.45, 7) is 9.68. The molecule has 0 nitrogen and oxygen atoms in total. The van der Waals surface area contributed by atoms with Gasteiger partial charge in [0.05, 0.1) is 0 Å². The van der Waals surface area contributed by atoms with Crippen molar-refractivity contribution in [3.8, 4) is 0 Å². The number of hydrogen-bond acceptors (Lipinski definition) is 0. The number of hydrogen-bond donors (Lipinski definition) is 0. The van der Waals surface area contributed by atoms with Gasteiger partial charge in [-0.1, -0.05) is 34.1 Å². The largest absolute Gasteiger partial charge is 0.0654 e. The highest BCUT2D eigenvalue weighted by Crippen LogP contribution is 2.99. The summed E-state index contributed by atoms with van der Waals surface area (Å²) in [5.74, 6) is 0. The predicted octanol–water partition coefficient (Wildman–Crippen LogP) is 3.61. The van der Waals surface area contributed by atoms with Crippen LogP contribution in [0.15, 0.2) is 0 Å². The SMILES string of the molecule is CCCC1(C)C2(C)CC12CC. The van der Waals surface area contributed by atoms with Crippen LogP contribution in [0.5, 0.6) is 0 Å².